The lowest BCUT2D eigenvalue weighted by molar-refractivity contribution is -0.117. The fourth-order valence-corrected chi connectivity index (χ4v) is 2.38. The molecule has 3 N–H and O–H groups in total. The largest absolute Gasteiger partial charge is 0.465 e. The maximum atomic E-state index is 12.1. The lowest BCUT2D eigenvalue weighted by atomic mass is 10.1. The van der Waals surface area contributed by atoms with Gasteiger partial charge in [-0.2, -0.15) is 0 Å². The molecule has 2 rings (SSSR count). The van der Waals surface area contributed by atoms with E-state index < -0.39 is 5.97 Å². The molecular formula is C15H22ClN3O3. The summed E-state index contributed by atoms with van der Waals surface area (Å²) in [5, 5.41) is 2.77. The number of amides is 1. The predicted molar refractivity (Wildman–Crippen MR) is 87.3 cm³/mol. The number of ether oxygens (including phenoxy) is 1. The van der Waals surface area contributed by atoms with Crippen molar-refractivity contribution in [3.05, 3.63) is 29.8 Å². The van der Waals surface area contributed by atoms with Gasteiger partial charge in [0.25, 0.3) is 0 Å². The number of para-hydroxylation sites is 1. The number of methoxy groups -OCH3 is 1. The Morgan fingerprint density at radius 1 is 1.32 bits per heavy atom. The van der Waals surface area contributed by atoms with E-state index in [1.54, 1.807) is 24.3 Å². The molecule has 1 fully saturated rings. The number of benzene rings is 1. The molecule has 122 valence electrons. The van der Waals surface area contributed by atoms with Crippen LogP contribution in [-0.2, 0) is 9.53 Å². The highest BCUT2D eigenvalue weighted by atomic mass is 35.5. The number of piperidine rings is 1. The molecule has 1 aromatic carbocycles. The van der Waals surface area contributed by atoms with E-state index in [0.29, 0.717) is 17.8 Å². The first-order valence-corrected chi connectivity index (χ1v) is 7.05. The van der Waals surface area contributed by atoms with Crippen molar-refractivity contribution in [1.29, 1.82) is 0 Å². The van der Waals surface area contributed by atoms with Crippen LogP contribution in [0.15, 0.2) is 24.3 Å². The van der Waals surface area contributed by atoms with E-state index in [1.807, 2.05) is 0 Å². The molecule has 0 aliphatic carbocycles. The van der Waals surface area contributed by atoms with Gasteiger partial charge in [-0.1, -0.05) is 12.1 Å². The van der Waals surface area contributed by atoms with Gasteiger partial charge in [0.1, 0.15) is 0 Å². The zero-order valence-electron chi connectivity index (χ0n) is 12.6. The van der Waals surface area contributed by atoms with Crippen molar-refractivity contribution in [3.8, 4) is 0 Å². The summed E-state index contributed by atoms with van der Waals surface area (Å²) in [5.41, 5.74) is 6.67. The van der Waals surface area contributed by atoms with Crippen LogP contribution in [-0.4, -0.2) is 49.6 Å². The highest BCUT2D eigenvalue weighted by Crippen LogP contribution is 2.16. The summed E-state index contributed by atoms with van der Waals surface area (Å²) >= 11 is 0. The maximum absolute atomic E-state index is 12.1. The van der Waals surface area contributed by atoms with Gasteiger partial charge in [0, 0.05) is 19.1 Å². The van der Waals surface area contributed by atoms with Crippen LogP contribution < -0.4 is 11.1 Å². The van der Waals surface area contributed by atoms with Crippen LogP contribution in [0.25, 0.3) is 0 Å². The lowest BCUT2D eigenvalue weighted by Crippen LogP contribution is -2.43. The Bertz CT molecular complexity index is 517. The second kappa shape index (κ2) is 8.73. The van der Waals surface area contributed by atoms with E-state index in [0.717, 1.165) is 25.9 Å². The van der Waals surface area contributed by atoms with Crippen LogP contribution in [0.2, 0.25) is 0 Å². The Hall–Kier alpha value is -1.63. The minimum absolute atomic E-state index is 0. The van der Waals surface area contributed by atoms with E-state index in [2.05, 4.69) is 10.2 Å². The van der Waals surface area contributed by atoms with Crippen LogP contribution >= 0.6 is 12.4 Å². The number of esters is 1. The highest BCUT2D eigenvalue weighted by molar-refractivity contribution is 6.01. The second-order valence-electron chi connectivity index (χ2n) is 5.20. The minimum atomic E-state index is -0.463. The predicted octanol–water partition coefficient (Wildman–Crippen LogP) is 1.26. The summed E-state index contributed by atoms with van der Waals surface area (Å²) in [6.45, 7) is 1.96. The van der Waals surface area contributed by atoms with Crippen LogP contribution in [0, 0.1) is 0 Å². The van der Waals surface area contributed by atoms with Crippen LogP contribution in [0.4, 0.5) is 5.69 Å². The van der Waals surface area contributed by atoms with Gasteiger partial charge in [-0.15, -0.1) is 12.4 Å². The minimum Gasteiger partial charge on any atom is -0.465 e. The molecule has 1 heterocycles. The average molecular weight is 328 g/mol. The van der Waals surface area contributed by atoms with Crippen molar-refractivity contribution < 1.29 is 14.3 Å². The van der Waals surface area contributed by atoms with Gasteiger partial charge in [-0.05, 0) is 25.0 Å². The Balaban J connectivity index is 0.00000242. The van der Waals surface area contributed by atoms with E-state index >= 15 is 0 Å². The molecule has 0 atom stereocenters. The Kier molecular flexibility index (Phi) is 7.31. The Labute approximate surface area is 136 Å². The maximum Gasteiger partial charge on any atom is 0.339 e. The molecule has 0 saturated carbocycles. The first-order valence-electron chi connectivity index (χ1n) is 7.05. The van der Waals surface area contributed by atoms with Gasteiger partial charge in [0.2, 0.25) is 5.91 Å². The highest BCUT2D eigenvalue weighted by Gasteiger charge is 2.19. The number of likely N-dealkylation sites (tertiary alicyclic amines) is 1. The van der Waals surface area contributed by atoms with Crippen molar-refractivity contribution in [2.24, 2.45) is 5.73 Å². The molecule has 1 aliphatic rings. The topological polar surface area (TPSA) is 84.7 Å². The number of nitrogens with two attached hydrogens (primary N) is 1. The van der Waals surface area contributed by atoms with E-state index in [-0.39, 0.29) is 24.4 Å². The molecule has 1 aromatic rings. The van der Waals surface area contributed by atoms with Crippen molar-refractivity contribution in [2.75, 3.05) is 32.1 Å². The van der Waals surface area contributed by atoms with Crippen LogP contribution in [0.5, 0.6) is 0 Å². The number of rotatable bonds is 4. The van der Waals surface area contributed by atoms with Gasteiger partial charge in [-0.3, -0.25) is 9.69 Å². The third-order valence-electron chi connectivity index (χ3n) is 3.61. The number of hydrogen-bond donors (Lipinski definition) is 2. The fraction of sp³-hybridized carbons (Fsp3) is 0.467. The first-order chi connectivity index (χ1) is 10.1. The summed E-state index contributed by atoms with van der Waals surface area (Å²) in [5.74, 6) is -0.600. The molecule has 1 saturated heterocycles. The molecule has 0 spiro atoms. The molecule has 0 radical (unpaired) electrons. The van der Waals surface area contributed by atoms with E-state index in [1.165, 1.54) is 7.11 Å². The quantitative estimate of drug-likeness (QED) is 0.813. The standard InChI is InChI=1S/C15H21N3O3.ClH/c1-21-15(20)12-4-2-3-5-13(12)17-14(19)10-18-8-6-11(16)7-9-18;/h2-5,11H,6-10,16H2,1H3,(H,17,19);1H. The second-order valence-corrected chi connectivity index (χ2v) is 5.20. The normalized spacial score (nSPS) is 15.7. The van der Waals surface area contributed by atoms with Crippen LogP contribution in [0.3, 0.4) is 0 Å². The number of nitrogens with zero attached hydrogens (tertiary/aromatic N) is 1. The van der Waals surface area contributed by atoms with Gasteiger partial charge in [0.15, 0.2) is 0 Å². The van der Waals surface area contributed by atoms with Crippen molar-refractivity contribution in [1.82, 2.24) is 4.90 Å². The molecule has 22 heavy (non-hydrogen) atoms. The number of nitrogens with one attached hydrogen (secondary N) is 1. The molecule has 0 unspecified atom stereocenters. The Morgan fingerprint density at radius 2 is 1.95 bits per heavy atom. The Morgan fingerprint density at radius 3 is 2.59 bits per heavy atom. The monoisotopic (exact) mass is 327 g/mol. The first kappa shape index (κ1) is 18.4. The number of halogens is 1. The van der Waals surface area contributed by atoms with Gasteiger partial charge in [-0.25, -0.2) is 4.79 Å². The third kappa shape index (κ3) is 4.98. The molecule has 1 amide bonds. The van der Waals surface area contributed by atoms with Crippen molar-refractivity contribution in [2.45, 2.75) is 18.9 Å². The van der Waals surface area contributed by atoms with E-state index in [9.17, 15) is 9.59 Å². The number of hydrogen-bond acceptors (Lipinski definition) is 5. The molecule has 0 aromatic heterocycles. The van der Waals surface area contributed by atoms with E-state index in [4.69, 9.17) is 10.5 Å². The zero-order valence-corrected chi connectivity index (χ0v) is 13.4. The fourth-order valence-electron chi connectivity index (χ4n) is 2.38. The number of anilines is 1. The smallest absolute Gasteiger partial charge is 0.339 e. The summed E-state index contributed by atoms with van der Waals surface area (Å²) < 4.78 is 4.71. The van der Waals surface area contributed by atoms with Gasteiger partial charge in [0.05, 0.1) is 24.9 Å². The summed E-state index contributed by atoms with van der Waals surface area (Å²) in [7, 11) is 1.32. The number of carbonyl (C=O) groups is 2. The summed E-state index contributed by atoms with van der Waals surface area (Å²) in [6.07, 6.45) is 1.82. The number of carbonyl (C=O) groups excluding carboxylic acids is 2. The van der Waals surface area contributed by atoms with Gasteiger partial charge < -0.3 is 15.8 Å². The molecule has 1 aliphatic heterocycles. The van der Waals surface area contributed by atoms with Gasteiger partial charge >= 0.3 is 5.97 Å². The van der Waals surface area contributed by atoms with Crippen LogP contribution in [0.1, 0.15) is 23.2 Å². The van der Waals surface area contributed by atoms with Crippen molar-refractivity contribution >= 4 is 30.0 Å². The summed E-state index contributed by atoms with van der Waals surface area (Å²) in [6, 6.07) is 7.05. The van der Waals surface area contributed by atoms with Crippen molar-refractivity contribution in [3.63, 3.8) is 0 Å². The molecule has 7 heteroatoms. The SMILES string of the molecule is COC(=O)c1ccccc1NC(=O)CN1CCC(N)CC1.Cl. The lowest BCUT2D eigenvalue weighted by Gasteiger charge is -2.29. The third-order valence-corrected chi connectivity index (χ3v) is 3.61. The molecule has 0 bridgehead atoms. The molecule has 6 nitrogen and oxygen atoms in total. The summed E-state index contributed by atoms with van der Waals surface area (Å²) in [4.78, 5) is 25.8. The zero-order chi connectivity index (χ0) is 15.2. The average Bonchev–Trinajstić information content (AvgIpc) is 2.49. The molecular weight excluding hydrogens is 306 g/mol.